The largest absolute Gasteiger partial charge is 0.468 e. The van der Waals surface area contributed by atoms with Crippen molar-refractivity contribution < 1.29 is 23.8 Å². The van der Waals surface area contributed by atoms with Crippen LogP contribution in [-0.4, -0.2) is 38.9 Å². The summed E-state index contributed by atoms with van der Waals surface area (Å²) in [4.78, 5) is 23.9. The Bertz CT molecular complexity index is 842. The van der Waals surface area contributed by atoms with Crippen LogP contribution in [0.2, 0.25) is 0 Å². The first-order valence-corrected chi connectivity index (χ1v) is 13.7. The SMILES string of the molecule is COC(=O)C(C(=O)OC)C1CC/C(=C/CC/C(C)=C/CC/C=C(\C)CC/C=C(\C)CCC=C(C)C)CO1. The molecule has 0 aromatic carbocycles. The standard InChI is InChI=1S/C32H50O5/c1-24(2)13-10-16-27(5)18-11-17-25(3)14-8-9-15-26(4)19-12-20-28-21-22-29(37-23-28)30(31(33)35-6)32(34)36-7/h13-15,18,20,29-30H,8-12,16-17,19,21-23H2,1-7H3/b25-14+,26-15+,27-18+,28-20-. The molecule has 0 aliphatic carbocycles. The van der Waals surface area contributed by atoms with E-state index in [4.69, 9.17) is 14.2 Å². The van der Waals surface area contributed by atoms with Gasteiger partial charge >= 0.3 is 11.9 Å². The van der Waals surface area contributed by atoms with E-state index in [-0.39, 0.29) is 0 Å². The maximum atomic E-state index is 12.0. The van der Waals surface area contributed by atoms with Crippen LogP contribution in [-0.2, 0) is 23.8 Å². The van der Waals surface area contributed by atoms with Crippen molar-refractivity contribution in [3.05, 3.63) is 58.2 Å². The fourth-order valence-electron chi connectivity index (χ4n) is 4.38. The Kier molecular flexibility index (Phi) is 16.6. The van der Waals surface area contributed by atoms with Crippen molar-refractivity contribution in [3.63, 3.8) is 0 Å². The molecule has 1 fully saturated rings. The molecule has 0 spiro atoms. The lowest BCUT2D eigenvalue weighted by Gasteiger charge is -2.28. The molecule has 1 heterocycles. The van der Waals surface area contributed by atoms with Gasteiger partial charge in [0.1, 0.15) is 0 Å². The molecule has 0 radical (unpaired) electrons. The van der Waals surface area contributed by atoms with Crippen LogP contribution in [0, 0.1) is 5.92 Å². The number of ether oxygens (including phenoxy) is 3. The van der Waals surface area contributed by atoms with Crippen molar-refractivity contribution in [2.75, 3.05) is 20.8 Å². The van der Waals surface area contributed by atoms with Crippen LogP contribution in [0.3, 0.4) is 0 Å². The highest BCUT2D eigenvalue weighted by molar-refractivity contribution is 5.95. The van der Waals surface area contributed by atoms with Gasteiger partial charge in [-0.3, -0.25) is 9.59 Å². The summed E-state index contributed by atoms with van der Waals surface area (Å²) < 4.78 is 15.3. The molecule has 1 unspecified atom stereocenters. The number of carbonyl (C=O) groups is 2. The molecule has 5 nitrogen and oxygen atoms in total. The summed E-state index contributed by atoms with van der Waals surface area (Å²) in [6.07, 6.45) is 21.3. The first-order valence-electron chi connectivity index (χ1n) is 13.7. The summed E-state index contributed by atoms with van der Waals surface area (Å²) >= 11 is 0. The van der Waals surface area contributed by atoms with E-state index < -0.39 is 24.0 Å². The van der Waals surface area contributed by atoms with Crippen molar-refractivity contribution in [2.45, 2.75) is 105 Å². The summed E-state index contributed by atoms with van der Waals surface area (Å²) in [6, 6.07) is 0. The van der Waals surface area contributed by atoms with Gasteiger partial charge in [-0.15, -0.1) is 0 Å². The summed E-state index contributed by atoms with van der Waals surface area (Å²) in [5, 5.41) is 0. The summed E-state index contributed by atoms with van der Waals surface area (Å²) in [6.45, 7) is 11.4. The van der Waals surface area contributed by atoms with Gasteiger partial charge in [-0.05, 0) is 104 Å². The van der Waals surface area contributed by atoms with Crippen LogP contribution in [0.15, 0.2) is 58.2 Å². The van der Waals surface area contributed by atoms with Gasteiger partial charge in [0.15, 0.2) is 5.92 Å². The van der Waals surface area contributed by atoms with Gasteiger partial charge in [0.2, 0.25) is 0 Å². The van der Waals surface area contributed by atoms with Crippen molar-refractivity contribution in [2.24, 2.45) is 5.92 Å². The second kappa shape index (κ2) is 18.8. The molecular formula is C32H50O5. The second-order valence-corrected chi connectivity index (χ2v) is 10.4. The zero-order valence-corrected chi connectivity index (χ0v) is 24.4. The maximum absolute atomic E-state index is 12.0. The van der Waals surface area contributed by atoms with Gasteiger partial charge < -0.3 is 14.2 Å². The molecule has 1 saturated heterocycles. The second-order valence-electron chi connectivity index (χ2n) is 10.4. The van der Waals surface area contributed by atoms with E-state index in [2.05, 4.69) is 65.0 Å². The molecule has 0 amide bonds. The lowest BCUT2D eigenvalue weighted by Crippen LogP contribution is -2.40. The molecule has 0 saturated carbocycles. The molecule has 1 aliphatic heterocycles. The minimum absolute atomic E-state index is 0.437. The number of unbranched alkanes of at least 4 members (excludes halogenated alkanes) is 1. The topological polar surface area (TPSA) is 61.8 Å². The molecule has 208 valence electrons. The van der Waals surface area contributed by atoms with Crippen LogP contribution in [0.1, 0.15) is 98.8 Å². The number of hydrogen-bond acceptors (Lipinski definition) is 5. The Morgan fingerprint density at radius 2 is 1.27 bits per heavy atom. The van der Waals surface area contributed by atoms with Crippen LogP contribution in [0.25, 0.3) is 0 Å². The normalized spacial score (nSPS) is 18.2. The van der Waals surface area contributed by atoms with E-state index >= 15 is 0 Å². The predicted octanol–water partition coefficient (Wildman–Crippen LogP) is 7.98. The third kappa shape index (κ3) is 14.2. The highest BCUT2D eigenvalue weighted by Crippen LogP contribution is 2.26. The molecule has 1 rings (SSSR count). The van der Waals surface area contributed by atoms with Gasteiger partial charge in [0.25, 0.3) is 0 Å². The van der Waals surface area contributed by atoms with Crippen LogP contribution in [0.5, 0.6) is 0 Å². The zero-order valence-electron chi connectivity index (χ0n) is 24.4. The number of esters is 2. The minimum atomic E-state index is -1.02. The summed E-state index contributed by atoms with van der Waals surface area (Å²) in [5.74, 6) is -2.22. The monoisotopic (exact) mass is 514 g/mol. The summed E-state index contributed by atoms with van der Waals surface area (Å²) in [7, 11) is 2.54. The fraction of sp³-hybridized carbons (Fsp3) is 0.625. The van der Waals surface area contributed by atoms with E-state index in [1.54, 1.807) is 0 Å². The molecule has 0 bridgehead atoms. The van der Waals surface area contributed by atoms with Crippen molar-refractivity contribution in [3.8, 4) is 0 Å². The van der Waals surface area contributed by atoms with E-state index in [0.29, 0.717) is 13.0 Å². The molecule has 0 N–H and O–H groups in total. The molecule has 1 atom stereocenters. The predicted molar refractivity (Wildman–Crippen MR) is 152 cm³/mol. The lowest BCUT2D eigenvalue weighted by molar-refractivity contribution is -0.167. The van der Waals surface area contributed by atoms with Gasteiger partial charge in [-0.2, -0.15) is 0 Å². The first kappa shape index (κ1) is 32.6. The number of rotatable bonds is 15. The van der Waals surface area contributed by atoms with E-state index in [1.165, 1.54) is 42.1 Å². The average molecular weight is 515 g/mol. The lowest BCUT2D eigenvalue weighted by atomic mass is 9.93. The molecular weight excluding hydrogens is 464 g/mol. The maximum Gasteiger partial charge on any atom is 0.322 e. The number of carbonyl (C=O) groups excluding carboxylic acids is 2. The zero-order chi connectivity index (χ0) is 27.6. The Hall–Kier alpha value is -2.40. The third-order valence-electron chi connectivity index (χ3n) is 6.76. The van der Waals surface area contributed by atoms with Gasteiger partial charge in [-0.25, -0.2) is 0 Å². The van der Waals surface area contributed by atoms with Crippen LogP contribution < -0.4 is 0 Å². The number of hydrogen-bond donors (Lipinski definition) is 0. The number of methoxy groups -OCH3 is 2. The van der Waals surface area contributed by atoms with Crippen molar-refractivity contribution in [1.82, 2.24) is 0 Å². The Morgan fingerprint density at radius 3 is 1.73 bits per heavy atom. The van der Waals surface area contributed by atoms with Gasteiger partial charge in [0.05, 0.1) is 26.9 Å². The first-order chi connectivity index (χ1) is 17.7. The van der Waals surface area contributed by atoms with Gasteiger partial charge in [-0.1, -0.05) is 52.7 Å². The van der Waals surface area contributed by atoms with E-state index in [0.717, 1.165) is 57.8 Å². The Morgan fingerprint density at radius 1 is 0.784 bits per heavy atom. The van der Waals surface area contributed by atoms with Crippen LogP contribution in [0.4, 0.5) is 0 Å². The quantitative estimate of drug-likeness (QED) is 0.0959. The Labute approximate surface area is 225 Å². The molecule has 0 aromatic rings. The third-order valence-corrected chi connectivity index (χ3v) is 6.76. The smallest absolute Gasteiger partial charge is 0.322 e. The van der Waals surface area contributed by atoms with E-state index in [9.17, 15) is 9.59 Å². The Balaban J connectivity index is 2.32. The van der Waals surface area contributed by atoms with E-state index in [1.807, 2.05) is 0 Å². The highest BCUT2D eigenvalue weighted by Gasteiger charge is 2.39. The number of allylic oxidation sites excluding steroid dienone is 9. The van der Waals surface area contributed by atoms with Crippen LogP contribution >= 0.6 is 0 Å². The fourth-order valence-corrected chi connectivity index (χ4v) is 4.38. The molecule has 5 heteroatoms. The van der Waals surface area contributed by atoms with Crippen molar-refractivity contribution in [1.29, 1.82) is 0 Å². The average Bonchev–Trinajstić information content (AvgIpc) is 2.87. The van der Waals surface area contributed by atoms with Gasteiger partial charge in [0, 0.05) is 0 Å². The molecule has 37 heavy (non-hydrogen) atoms. The summed E-state index contributed by atoms with van der Waals surface area (Å²) in [5.41, 5.74) is 6.99. The minimum Gasteiger partial charge on any atom is -0.468 e. The highest BCUT2D eigenvalue weighted by atomic mass is 16.6. The van der Waals surface area contributed by atoms with Crippen molar-refractivity contribution >= 4 is 11.9 Å². The molecule has 1 aliphatic rings. The molecule has 0 aromatic heterocycles.